The third-order valence-electron chi connectivity index (χ3n) is 5.39. The lowest BCUT2D eigenvalue weighted by Gasteiger charge is -2.34. The minimum atomic E-state index is 0.642. The number of guanidine groups is 1. The molecule has 8 nitrogen and oxygen atoms in total. The Morgan fingerprint density at radius 1 is 1.20 bits per heavy atom. The summed E-state index contributed by atoms with van der Waals surface area (Å²) in [5.41, 5.74) is 1.19. The Labute approximate surface area is 182 Å². The largest absolute Gasteiger partial charge is 0.385 e. The van der Waals surface area contributed by atoms with Crippen molar-refractivity contribution in [1.82, 2.24) is 25.4 Å². The van der Waals surface area contributed by atoms with E-state index in [0.717, 1.165) is 83.7 Å². The molecule has 0 amide bonds. The van der Waals surface area contributed by atoms with Crippen LogP contribution in [0.2, 0.25) is 0 Å². The van der Waals surface area contributed by atoms with Gasteiger partial charge in [-0.3, -0.25) is 0 Å². The van der Waals surface area contributed by atoms with Gasteiger partial charge in [-0.1, -0.05) is 6.92 Å². The number of likely N-dealkylation sites (N-methyl/N-ethyl adjacent to an activating group) is 2. The number of aliphatic imine (C=N–C) groups is 1. The first kappa shape index (κ1) is 24.4. The standard InChI is InChI=1S/C22H41N7O/c1-5-23-22(25-10-12-27(3)11-7-17-30-4)26-19-20-8-9-24-21(18-20)29-15-13-28(6-2)14-16-29/h8-9,18H,5-7,10-17,19H2,1-4H3,(H2,23,25,26). The minimum Gasteiger partial charge on any atom is -0.385 e. The molecule has 2 N–H and O–H groups in total. The number of piperazine rings is 1. The van der Waals surface area contributed by atoms with Crippen LogP contribution >= 0.6 is 0 Å². The van der Waals surface area contributed by atoms with Crippen molar-refractivity contribution in [3.8, 4) is 0 Å². The maximum Gasteiger partial charge on any atom is 0.191 e. The number of nitrogens with zero attached hydrogens (tertiary/aromatic N) is 5. The molecular weight excluding hydrogens is 378 g/mol. The van der Waals surface area contributed by atoms with E-state index >= 15 is 0 Å². The van der Waals surface area contributed by atoms with Gasteiger partial charge in [0.1, 0.15) is 5.82 Å². The Morgan fingerprint density at radius 3 is 2.70 bits per heavy atom. The second kappa shape index (κ2) is 14.2. The van der Waals surface area contributed by atoms with Crippen molar-refractivity contribution < 1.29 is 4.74 Å². The van der Waals surface area contributed by atoms with E-state index in [4.69, 9.17) is 9.73 Å². The second-order valence-corrected chi connectivity index (χ2v) is 7.72. The number of hydrogen-bond acceptors (Lipinski definition) is 6. The van der Waals surface area contributed by atoms with Gasteiger partial charge in [-0.25, -0.2) is 9.98 Å². The molecule has 0 saturated carbocycles. The molecule has 2 rings (SSSR count). The van der Waals surface area contributed by atoms with Crippen LogP contribution in [-0.2, 0) is 11.3 Å². The van der Waals surface area contributed by atoms with Crippen LogP contribution in [0.25, 0.3) is 0 Å². The molecule has 0 unspecified atom stereocenters. The molecule has 0 atom stereocenters. The fraction of sp³-hybridized carbons (Fsp3) is 0.727. The highest BCUT2D eigenvalue weighted by Crippen LogP contribution is 2.15. The fourth-order valence-electron chi connectivity index (χ4n) is 3.49. The lowest BCUT2D eigenvalue weighted by Crippen LogP contribution is -2.46. The SMILES string of the molecule is CCNC(=NCc1ccnc(N2CCN(CC)CC2)c1)NCCN(C)CCCOC. The third kappa shape index (κ3) is 8.85. The van der Waals surface area contributed by atoms with E-state index in [-0.39, 0.29) is 0 Å². The molecule has 1 saturated heterocycles. The van der Waals surface area contributed by atoms with E-state index in [1.807, 2.05) is 6.20 Å². The zero-order valence-electron chi connectivity index (χ0n) is 19.4. The first-order valence-electron chi connectivity index (χ1n) is 11.3. The van der Waals surface area contributed by atoms with E-state index < -0.39 is 0 Å². The van der Waals surface area contributed by atoms with Crippen LogP contribution in [0.15, 0.2) is 23.3 Å². The highest BCUT2D eigenvalue weighted by molar-refractivity contribution is 5.79. The number of rotatable bonds is 12. The van der Waals surface area contributed by atoms with Gasteiger partial charge in [0.15, 0.2) is 5.96 Å². The summed E-state index contributed by atoms with van der Waals surface area (Å²) in [5, 5.41) is 6.77. The number of methoxy groups -OCH3 is 1. The molecule has 8 heteroatoms. The molecule has 0 radical (unpaired) electrons. The molecule has 1 fully saturated rings. The van der Waals surface area contributed by atoms with Gasteiger partial charge < -0.3 is 30.1 Å². The van der Waals surface area contributed by atoms with Gasteiger partial charge in [0.2, 0.25) is 0 Å². The minimum absolute atomic E-state index is 0.642. The molecule has 1 aliphatic rings. The maximum atomic E-state index is 5.12. The summed E-state index contributed by atoms with van der Waals surface area (Å²) >= 11 is 0. The molecule has 170 valence electrons. The summed E-state index contributed by atoms with van der Waals surface area (Å²) in [7, 11) is 3.89. The van der Waals surface area contributed by atoms with Crippen molar-refractivity contribution in [2.75, 3.05) is 84.6 Å². The topological polar surface area (TPSA) is 68.3 Å². The Bertz CT molecular complexity index is 617. The van der Waals surface area contributed by atoms with Crippen LogP contribution < -0.4 is 15.5 Å². The van der Waals surface area contributed by atoms with Crippen LogP contribution in [-0.4, -0.2) is 100 Å². The molecule has 2 heterocycles. The normalized spacial score (nSPS) is 15.6. The molecule has 1 aromatic rings. The first-order valence-corrected chi connectivity index (χ1v) is 11.3. The van der Waals surface area contributed by atoms with Crippen molar-refractivity contribution in [2.45, 2.75) is 26.8 Å². The van der Waals surface area contributed by atoms with Crippen LogP contribution in [0.4, 0.5) is 5.82 Å². The van der Waals surface area contributed by atoms with Crippen molar-refractivity contribution in [3.63, 3.8) is 0 Å². The number of pyridine rings is 1. The summed E-state index contributed by atoms with van der Waals surface area (Å²) < 4.78 is 5.12. The van der Waals surface area contributed by atoms with Crippen molar-refractivity contribution in [1.29, 1.82) is 0 Å². The van der Waals surface area contributed by atoms with Gasteiger partial charge in [-0.15, -0.1) is 0 Å². The molecule has 0 bridgehead atoms. The predicted octanol–water partition coefficient (Wildman–Crippen LogP) is 1.25. The third-order valence-corrected chi connectivity index (χ3v) is 5.39. The Morgan fingerprint density at radius 2 is 2.00 bits per heavy atom. The number of hydrogen-bond donors (Lipinski definition) is 2. The van der Waals surface area contributed by atoms with Gasteiger partial charge in [-0.05, 0) is 44.6 Å². The van der Waals surface area contributed by atoms with Crippen LogP contribution in [0.3, 0.4) is 0 Å². The predicted molar refractivity (Wildman–Crippen MR) is 125 cm³/mol. The zero-order chi connectivity index (χ0) is 21.6. The summed E-state index contributed by atoms with van der Waals surface area (Å²) in [6.45, 7) is 14.9. The van der Waals surface area contributed by atoms with Gasteiger partial charge in [0.05, 0.1) is 6.54 Å². The van der Waals surface area contributed by atoms with Gasteiger partial charge in [0, 0.05) is 72.3 Å². The molecule has 0 aromatic carbocycles. The average molecular weight is 420 g/mol. The highest BCUT2D eigenvalue weighted by atomic mass is 16.5. The smallest absolute Gasteiger partial charge is 0.191 e. The Kier molecular flexibility index (Phi) is 11.5. The van der Waals surface area contributed by atoms with E-state index in [1.165, 1.54) is 5.56 Å². The van der Waals surface area contributed by atoms with Crippen molar-refractivity contribution in [3.05, 3.63) is 23.9 Å². The van der Waals surface area contributed by atoms with E-state index in [9.17, 15) is 0 Å². The molecule has 0 aliphatic carbocycles. The van der Waals surface area contributed by atoms with Crippen molar-refractivity contribution >= 4 is 11.8 Å². The maximum absolute atomic E-state index is 5.12. The summed E-state index contributed by atoms with van der Waals surface area (Å²) in [6.07, 6.45) is 2.96. The van der Waals surface area contributed by atoms with E-state index in [2.05, 4.69) is 63.3 Å². The average Bonchev–Trinajstić information content (AvgIpc) is 2.78. The molecule has 0 spiro atoms. The zero-order valence-corrected chi connectivity index (χ0v) is 19.4. The number of aromatic nitrogens is 1. The first-order chi connectivity index (χ1) is 14.7. The molecule has 1 aliphatic heterocycles. The summed E-state index contributed by atoms with van der Waals surface area (Å²) in [4.78, 5) is 16.5. The quantitative estimate of drug-likeness (QED) is 0.300. The Hall–Kier alpha value is -1.90. The van der Waals surface area contributed by atoms with Gasteiger partial charge in [-0.2, -0.15) is 0 Å². The second-order valence-electron chi connectivity index (χ2n) is 7.72. The van der Waals surface area contributed by atoms with Gasteiger partial charge >= 0.3 is 0 Å². The van der Waals surface area contributed by atoms with Crippen LogP contribution in [0.5, 0.6) is 0 Å². The molecule has 30 heavy (non-hydrogen) atoms. The molecule has 1 aromatic heterocycles. The fourth-order valence-corrected chi connectivity index (χ4v) is 3.49. The lowest BCUT2D eigenvalue weighted by atomic mass is 10.2. The summed E-state index contributed by atoms with van der Waals surface area (Å²) in [6, 6.07) is 4.24. The number of anilines is 1. The molecular formula is C22H41N7O. The lowest BCUT2D eigenvalue weighted by molar-refractivity contribution is 0.180. The monoisotopic (exact) mass is 419 g/mol. The number of ether oxygens (including phenoxy) is 1. The van der Waals surface area contributed by atoms with Crippen LogP contribution in [0, 0.1) is 0 Å². The van der Waals surface area contributed by atoms with Crippen molar-refractivity contribution in [2.24, 2.45) is 4.99 Å². The van der Waals surface area contributed by atoms with E-state index in [1.54, 1.807) is 7.11 Å². The Balaban J connectivity index is 1.83. The highest BCUT2D eigenvalue weighted by Gasteiger charge is 2.16. The number of nitrogens with one attached hydrogen (secondary N) is 2. The van der Waals surface area contributed by atoms with Crippen LogP contribution in [0.1, 0.15) is 25.8 Å². The van der Waals surface area contributed by atoms with Gasteiger partial charge in [0.25, 0.3) is 0 Å². The van der Waals surface area contributed by atoms with E-state index in [0.29, 0.717) is 6.54 Å². The summed E-state index contributed by atoms with van der Waals surface area (Å²) in [5.74, 6) is 1.92.